The molecule has 0 radical (unpaired) electrons. The molecule has 1 heterocycles. The monoisotopic (exact) mass is 381 g/mol. The quantitative estimate of drug-likeness (QED) is 0.637. The fraction of sp³-hybridized carbons (Fsp3) is 0.333. The molecule has 1 aromatic heterocycles. The first kappa shape index (κ1) is 17.6. The molecule has 2 aromatic rings. The van der Waals surface area contributed by atoms with Gasteiger partial charge in [0.15, 0.2) is 4.34 Å². The Morgan fingerprint density at radius 3 is 2.72 bits per heavy atom. The smallest absolute Gasteiger partial charge is 0.321 e. The van der Waals surface area contributed by atoms with Crippen LogP contribution in [0, 0.1) is 5.82 Å². The third-order valence-electron chi connectivity index (χ3n) is 3.26. The van der Waals surface area contributed by atoms with Gasteiger partial charge in [-0.2, -0.15) is 0 Å². The number of nitrogens with one attached hydrogen (secondary N) is 3. The molecule has 1 aliphatic rings. The van der Waals surface area contributed by atoms with E-state index in [1.165, 1.54) is 35.2 Å². The van der Waals surface area contributed by atoms with Crippen molar-refractivity contribution in [2.75, 3.05) is 11.1 Å². The van der Waals surface area contributed by atoms with Crippen LogP contribution in [0.4, 0.5) is 14.3 Å². The van der Waals surface area contributed by atoms with E-state index in [4.69, 9.17) is 0 Å². The lowest BCUT2D eigenvalue weighted by atomic mass is 10.2. The highest BCUT2D eigenvalue weighted by Gasteiger charge is 2.23. The van der Waals surface area contributed by atoms with E-state index in [0.717, 1.165) is 18.4 Å². The van der Waals surface area contributed by atoms with Crippen molar-refractivity contribution in [2.45, 2.75) is 29.8 Å². The third-order valence-corrected chi connectivity index (χ3v) is 5.27. The molecule has 0 saturated heterocycles. The zero-order valence-electron chi connectivity index (χ0n) is 13.1. The molecule has 0 atom stereocenters. The van der Waals surface area contributed by atoms with Crippen LogP contribution in [0.3, 0.4) is 0 Å². The summed E-state index contributed by atoms with van der Waals surface area (Å²) in [5.74, 6) is -0.563. The molecular weight excluding hydrogens is 365 g/mol. The van der Waals surface area contributed by atoms with Gasteiger partial charge in [0, 0.05) is 12.6 Å². The molecule has 1 saturated carbocycles. The number of benzene rings is 1. The number of aromatic nitrogens is 2. The Bertz CT molecular complexity index is 749. The van der Waals surface area contributed by atoms with Gasteiger partial charge in [-0.1, -0.05) is 35.2 Å². The maximum atomic E-state index is 12.8. The van der Waals surface area contributed by atoms with Crippen LogP contribution in [0.2, 0.25) is 0 Å². The number of hydrogen-bond donors (Lipinski definition) is 3. The van der Waals surface area contributed by atoms with Crippen LogP contribution in [0.15, 0.2) is 28.6 Å². The van der Waals surface area contributed by atoms with Crippen LogP contribution in [0.25, 0.3) is 0 Å². The second kappa shape index (κ2) is 8.26. The normalized spacial score (nSPS) is 13.3. The summed E-state index contributed by atoms with van der Waals surface area (Å²) in [7, 11) is 0. The highest BCUT2D eigenvalue weighted by Crippen LogP contribution is 2.25. The van der Waals surface area contributed by atoms with Crippen molar-refractivity contribution in [2.24, 2.45) is 0 Å². The van der Waals surface area contributed by atoms with Gasteiger partial charge in [-0.15, -0.1) is 10.2 Å². The predicted octanol–water partition coefficient (Wildman–Crippen LogP) is 2.37. The molecule has 132 valence electrons. The van der Waals surface area contributed by atoms with E-state index in [1.807, 2.05) is 0 Å². The summed E-state index contributed by atoms with van der Waals surface area (Å²) in [4.78, 5) is 23.1. The van der Waals surface area contributed by atoms with Crippen LogP contribution in [-0.4, -0.2) is 33.9 Å². The molecule has 3 rings (SSSR count). The number of carbonyl (C=O) groups is 2. The van der Waals surface area contributed by atoms with Crippen molar-refractivity contribution in [1.82, 2.24) is 20.8 Å². The Kier molecular flexibility index (Phi) is 5.82. The van der Waals surface area contributed by atoms with Gasteiger partial charge in [-0.25, -0.2) is 9.18 Å². The first-order chi connectivity index (χ1) is 12.1. The van der Waals surface area contributed by atoms with Gasteiger partial charge in [-0.3, -0.25) is 10.1 Å². The number of anilines is 1. The van der Waals surface area contributed by atoms with E-state index in [9.17, 15) is 14.0 Å². The van der Waals surface area contributed by atoms with Crippen LogP contribution >= 0.6 is 23.1 Å². The van der Waals surface area contributed by atoms with Crippen molar-refractivity contribution in [3.63, 3.8) is 0 Å². The van der Waals surface area contributed by atoms with E-state index < -0.39 is 6.03 Å². The summed E-state index contributed by atoms with van der Waals surface area (Å²) in [6.45, 7) is 0.501. The minimum absolute atomic E-state index is 0.0880. The van der Waals surface area contributed by atoms with Gasteiger partial charge in [0.05, 0.1) is 5.75 Å². The van der Waals surface area contributed by atoms with Gasteiger partial charge in [-0.05, 0) is 30.5 Å². The number of carbonyl (C=O) groups excluding carboxylic acids is 2. The van der Waals surface area contributed by atoms with Gasteiger partial charge in [0.2, 0.25) is 11.0 Å². The zero-order chi connectivity index (χ0) is 17.6. The van der Waals surface area contributed by atoms with Gasteiger partial charge in [0.25, 0.3) is 0 Å². The molecule has 0 unspecified atom stereocenters. The van der Waals surface area contributed by atoms with E-state index in [2.05, 4.69) is 26.1 Å². The maximum absolute atomic E-state index is 12.8. The molecule has 3 N–H and O–H groups in total. The number of amides is 3. The number of halogens is 1. The average molecular weight is 381 g/mol. The summed E-state index contributed by atoms with van der Waals surface area (Å²) < 4.78 is 13.5. The topological polar surface area (TPSA) is 96.0 Å². The summed E-state index contributed by atoms with van der Waals surface area (Å²) in [6, 6.07) is 5.93. The molecular formula is C15H16FN5O2S2. The molecule has 3 amide bonds. The van der Waals surface area contributed by atoms with Crippen LogP contribution in [-0.2, 0) is 11.3 Å². The highest BCUT2D eigenvalue weighted by molar-refractivity contribution is 8.01. The average Bonchev–Trinajstić information content (AvgIpc) is 3.27. The molecule has 1 fully saturated rings. The summed E-state index contributed by atoms with van der Waals surface area (Å²) >= 11 is 2.52. The summed E-state index contributed by atoms with van der Waals surface area (Å²) in [5.41, 5.74) is 0.923. The van der Waals surface area contributed by atoms with Crippen LogP contribution in [0.5, 0.6) is 0 Å². The Morgan fingerprint density at radius 1 is 1.24 bits per heavy atom. The standard InChI is InChI=1S/C15H16FN5O2S2/c16-10-3-1-9(2-4-10)7-17-14-20-21-15(25-14)24-8-12(22)19-13(23)18-11-5-6-11/h1-4,11H,5-8H2,(H,17,20)(H2,18,19,22,23). The number of nitrogens with zero attached hydrogens (tertiary/aromatic N) is 2. The van der Waals surface area contributed by atoms with E-state index in [0.29, 0.717) is 16.0 Å². The number of hydrogen-bond acceptors (Lipinski definition) is 7. The van der Waals surface area contributed by atoms with Gasteiger partial charge in [0.1, 0.15) is 5.82 Å². The minimum atomic E-state index is -0.452. The largest absolute Gasteiger partial charge is 0.356 e. The lowest BCUT2D eigenvalue weighted by Crippen LogP contribution is -2.41. The first-order valence-electron chi connectivity index (χ1n) is 7.63. The molecule has 0 spiro atoms. The van der Waals surface area contributed by atoms with Crippen LogP contribution < -0.4 is 16.0 Å². The number of imide groups is 1. The fourth-order valence-corrected chi connectivity index (χ4v) is 3.41. The molecule has 1 aliphatic carbocycles. The van der Waals surface area contributed by atoms with Gasteiger partial charge < -0.3 is 10.6 Å². The Morgan fingerprint density at radius 2 is 2.00 bits per heavy atom. The highest BCUT2D eigenvalue weighted by atomic mass is 32.2. The molecule has 0 aliphatic heterocycles. The SMILES string of the molecule is O=C(CSc1nnc(NCc2ccc(F)cc2)s1)NC(=O)NC1CC1. The molecule has 0 bridgehead atoms. The lowest BCUT2D eigenvalue weighted by Gasteiger charge is -2.04. The maximum Gasteiger partial charge on any atom is 0.321 e. The Hall–Kier alpha value is -2.20. The molecule has 1 aromatic carbocycles. The summed E-state index contributed by atoms with van der Waals surface area (Å²) in [5, 5.41) is 16.6. The first-order valence-corrected chi connectivity index (χ1v) is 9.43. The molecule has 7 nitrogen and oxygen atoms in total. The number of urea groups is 1. The second-order valence-corrected chi connectivity index (χ2v) is 7.64. The van der Waals surface area contributed by atoms with E-state index in [-0.39, 0.29) is 23.5 Å². The molecule has 25 heavy (non-hydrogen) atoms. The minimum Gasteiger partial charge on any atom is -0.356 e. The Labute approximate surface area is 151 Å². The fourth-order valence-electron chi connectivity index (χ4n) is 1.86. The van der Waals surface area contributed by atoms with Crippen molar-refractivity contribution in [3.8, 4) is 0 Å². The van der Waals surface area contributed by atoms with Crippen LogP contribution in [0.1, 0.15) is 18.4 Å². The predicted molar refractivity (Wildman–Crippen MR) is 94.1 cm³/mol. The van der Waals surface area contributed by atoms with Crippen molar-refractivity contribution >= 4 is 40.2 Å². The molecule has 10 heteroatoms. The second-order valence-electron chi connectivity index (χ2n) is 5.44. The van der Waals surface area contributed by atoms with E-state index in [1.54, 1.807) is 12.1 Å². The summed E-state index contributed by atoms with van der Waals surface area (Å²) in [6.07, 6.45) is 1.93. The van der Waals surface area contributed by atoms with Crippen molar-refractivity contribution < 1.29 is 14.0 Å². The number of thioether (sulfide) groups is 1. The van der Waals surface area contributed by atoms with Crippen molar-refractivity contribution in [3.05, 3.63) is 35.6 Å². The Balaban J connectivity index is 1.39. The van der Waals surface area contributed by atoms with E-state index >= 15 is 0 Å². The zero-order valence-corrected chi connectivity index (χ0v) is 14.8. The third kappa shape index (κ3) is 5.98. The lowest BCUT2D eigenvalue weighted by molar-refractivity contribution is -0.117. The van der Waals surface area contributed by atoms with Gasteiger partial charge >= 0.3 is 6.03 Å². The number of rotatable bonds is 7. The van der Waals surface area contributed by atoms with Crippen molar-refractivity contribution in [1.29, 1.82) is 0 Å².